The molecule has 0 aliphatic heterocycles. The number of pyridine rings is 1. The molecular weight excluding hydrogens is 216 g/mol. The fourth-order valence-electron chi connectivity index (χ4n) is 1.68. The van der Waals surface area contributed by atoms with Gasteiger partial charge in [0.15, 0.2) is 0 Å². The molecular formula is C13H22N2O2. The molecule has 1 heterocycles. The van der Waals surface area contributed by atoms with Gasteiger partial charge < -0.3 is 14.8 Å². The summed E-state index contributed by atoms with van der Waals surface area (Å²) in [5.41, 5.74) is 0.909. The van der Waals surface area contributed by atoms with Crippen LogP contribution in [0.2, 0.25) is 0 Å². The van der Waals surface area contributed by atoms with Crippen molar-refractivity contribution in [2.45, 2.75) is 32.9 Å². The Morgan fingerprint density at radius 1 is 1.41 bits per heavy atom. The average Bonchev–Trinajstić information content (AvgIpc) is 2.29. The number of methoxy groups -OCH3 is 1. The Morgan fingerprint density at radius 2 is 2.18 bits per heavy atom. The van der Waals surface area contributed by atoms with Crippen LogP contribution in [0.3, 0.4) is 0 Å². The van der Waals surface area contributed by atoms with Gasteiger partial charge in [-0.25, -0.2) is 4.98 Å². The zero-order chi connectivity index (χ0) is 12.7. The van der Waals surface area contributed by atoms with Crippen LogP contribution in [0.5, 0.6) is 5.88 Å². The summed E-state index contributed by atoms with van der Waals surface area (Å²) in [4.78, 5) is 4.16. The molecule has 17 heavy (non-hydrogen) atoms. The predicted molar refractivity (Wildman–Crippen MR) is 68.2 cm³/mol. The molecule has 0 fully saturated rings. The summed E-state index contributed by atoms with van der Waals surface area (Å²) in [6.45, 7) is 8.40. The Hall–Kier alpha value is -1.13. The van der Waals surface area contributed by atoms with Crippen LogP contribution in [-0.2, 0) is 11.3 Å². The molecule has 0 atom stereocenters. The highest BCUT2D eigenvalue weighted by Crippen LogP contribution is 2.13. The molecule has 0 unspecified atom stereocenters. The van der Waals surface area contributed by atoms with Crippen LogP contribution in [-0.4, -0.2) is 30.8 Å². The number of hydrogen-bond acceptors (Lipinski definition) is 4. The minimum absolute atomic E-state index is 0.149. The molecule has 1 aromatic rings. The third-order valence-electron chi connectivity index (χ3n) is 2.44. The van der Waals surface area contributed by atoms with E-state index in [9.17, 15) is 0 Å². The van der Waals surface area contributed by atoms with Crippen LogP contribution in [0.4, 0.5) is 0 Å². The molecule has 0 amide bonds. The molecule has 0 bridgehead atoms. The summed E-state index contributed by atoms with van der Waals surface area (Å²) in [5, 5.41) is 3.36. The summed E-state index contributed by atoms with van der Waals surface area (Å²) in [5.74, 6) is 0.675. The zero-order valence-electron chi connectivity index (χ0n) is 11.1. The van der Waals surface area contributed by atoms with E-state index in [0.717, 1.165) is 25.3 Å². The lowest BCUT2D eigenvalue weighted by Crippen LogP contribution is -2.37. The Kier molecular flexibility index (Phi) is 5.38. The Labute approximate surface area is 103 Å². The van der Waals surface area contributed by atoms with Crippen molar-refractivity contribution in [2.75, 3.05) is 20.3 Å². The average molecular weight is 238 g/mol. The van der Waals surface area contributed by atoms with Gasteiger partial charge >= 0.3 is 0 Å². The first-order valence-corrected chi connectivity index (χ1v) is 5.91. The Bertz CT molecular complexity index is 340. The van der Waals surface area contributed by atoms with Gasteiger partial charge in [0, 0.05) is 31.5 Å². The molecule has 4 nitrogen and oxygen atoms in total. The van der Waals surface area contributed by atoms with Gasteiger partial charge in [0.25, 0.3) is 0 Å². The third-order valence-corrected chi connectivity index (χ3v) is 2.44. The van der Waals surface area contributed by atoms with Crippen molar-refractivity contribution in [3.05, 3.63) is 23.9 Å². The highest BCUT2D eigenvalue weighted by atomic mass is 16.5. The molecule has 0 aliphatic rings. The third kappa shape index (κ3) is 4.71. The van der Waals surface area contributed by atoms with Gasteiger partial charge in [-0.3, -0.25) is 0 Å². The van der Waals surface area contributed by atoms with Gasteiger partial charge in [0.2, 0.25) is 5.88 Å². The predicted octanol–water partition coefficient (Wildman–Crippen LogP) is 1.99. The number of nitrogens with zero attached hydrogens (tertiary/aromatic N) is 1. The molecule has 96 valence electrons. The van der Waals surface area contributed by atoms with Gasteiger partial charge in [0.05, 0.1) is 12.7 Å². The van der Waals surface area contributed by atoms with Crippen LogP contribution in [0, 0.1) is 0 Å². The topological polar surface area (TPSA) is 43.4 Å². The second-order valence-electron chi connectivity index (χ2n) is 4.47. The van der Waals surface area contributed by atoms with Crippen LogP contribution < -0.4 is 10.1 Å². The summed E-state index contributed by atoms with van der Waals surface area (Å²) in [6, 6.07) is 3.92. The largest absolute Gasteiger partial charge is 0.481 e. The van der Waals surface area contributed by atoms with Crippen molar-refractivity contribution >= 4 is 0 Å². The van der Waals surface area contributed by atoms with Crippen molar-refractivity contribution in [1.29, 1.82) is 0 Å². The van der Waals surface area contributed by atoms with Crippen molar-refractivity contribution in [1.82, 2.24) is 10.3 Å². The van der Waals surface area contributed by atoms with Gasteiger partial charge in [-0.1, -0.05) is 6.07 Å². The van der Waals surface area contributed by atoms with Crippen molar-refractivity contribution in [2.24, 2.45) is 0 Å². The first kappa shape index (κ1) is 13.9. The van der Waals surface area contributed by atoms with E-state index >= 15 is 0 Å². The second kappa shape index (κ2) is 6.57. The lowest BCUT2D eigenvalue weighted by molar-refractivity contribution is -0.00900. The SMILES string of the molecule is CCOC(C)(C)CNCc1cccnc1OC. The molecule has 4 heteroatoms. The maximum absolute atomic E-state index is 5.61. The van der Waals surface area contributed by atoms with Crippen molar-refractivity contribution < 1.29 is 9.47 Å². The first-order valence-electron chi connectivity index (χ1n) is 5.91. The van der Waals surface area contributed by atoms with Crippen molar-refractivity contribution in [3.63, 3.8) is 0 Å². The monoisotopic (exact) mass is 238 g/mol. The Morgan fingerprint density at radius 3 is 2.82 bits per heavy atom. The fraction of sp³-hybridized carbons (Fsp3) is 0.615. The molecule has 0 aromatic carbocycles. The van der Waals surface area contributed by atoms with E-state index < -0.39 is 0 Å². The van der Waals surface area contributed by atoms with E-state index in [1.807, 2.05) is 19.1 Å². The molecule has 0 spiro atoms. The quantitative estimate of drug-likeness (QED) is 0.789. The summed E-state index contributed by atoms with van der Waals surface area (Å²) in [6.07, 6.45) is 1.73. The van der Waals surface area contributed by atoms with E-state index in [0.29, 0.717) is 5.88 Å². The maximum atomic E-state index is 5.61. The number of ether oxygens (including phenoxy) is 2. The van der Waals surface area contributed by atoms with Crippen LogP contribution in [0.1, 0.15) is 26.3 Å². The maximum Gasteiger partial charge on any atom is 0.217 e. The minimum atomic E-state index is -0.149. The lowest BCUT2D eigenvalue weighted by atomic mass is 10.1. The number of aromatic nitrogens is 1. The number of rotatable bonds is 7. The van der Waals surface area contributed by atoms with Gasteiger partial charge in [-0.15, -0.1) is 0 Å². The molecule has 1 aromatic heterocycles. The summed E-state index contributed by atoms with van der Waals surface area (Å²) in [7, 11) is 1.63. The Balaban J connectivity index is 2.45. The standard InChI is InChI=1S/C13H22N2O2/c1-5-17-13(2,3)10-14-9-11-7-6-8-15-12(11)16-4/h6-8,14H,5,9-10H2,1-4H3. The van der Waals surface area contributed by atoms with Crippen LogP contribution in [0.15, 0.2) is 18.3 Å². The normalized spacial score (nSPS) is 11.5. The van der Waals surface area contributed by atoms with E-state index in [2.05, 4.69) is 24.1 Å². The number of nitrogens with one attached hydrogen (secondary N) is 1. The molecule has 0 saturated carbocycles. The molecule has 1 N–H and O–H groups in total. The summed E-state index contributed by atoms with van der Waals surface area (Å²) < 4.78 is 10.8. The van der Waals surface area contributed by atoms with E-state index in [4.69, 9.17) is 9.47 Å². The highest BCUT2D eigenvalue weighted by Gasteiger charge is 2.16. The highest BCUT2D eigenvalue weighted by molar-refractivity contribution is 5.24. The fourth-order valence-corrected chi connectivity index (χ4v) is 1.68. The van der Waals surface area contributed by atoms with Gasteiger partial charge in [-0.05, 0) is 26.8 Å². The van der Waals surface area contributed by atoms with Gasteiger partial charge in [0.1, 0.15) is 0 Å². The van der Waals surface area contributed by atoms with E-state index in [-0.39, 0.29) is 5.60 Å². The molecule has 0 radical (unpaired) electrons. The molecule has 0 saturated heterocycles. The van der Waals surface area contributed by atoms with Crippen LogP contribution >= 0.6 is 0 Å². The smallest absolute Gasteiger partial charge is 0.217 e. The van der Waals surface area contributed by atoms with E-state index in [1.165, 1.54) is 0 Å². The van der Waals surface area contributed by atoms with Crippen LogP contribution in [0.25, 0.3) is 0 Å². The number of hydrogen-bond donors (Lipinski definition) is 1. The van der Waals surface area contributed by atoms with Crippen molar-refractivity contribution in [3.8, 4) is 5.88 Å². The zero-order valence-corrected chi connectivity index (χ0v) is 11.1. The second-order valence-corrected chi connectivity index (χ2v) is 4.47. The first-order chi connectivity index (χ1) is 8.09. The molecule has 1 rings (SSSR count). The molecule has 0 aliphatic carbocycles. The minimum Gasteiger partial charge on any atom is -0.481 e. The summed E-state index contributed by atoms with van der Waals surface area (Å²) >= 11 is 0. The van der Waals surface area contributed by atoms with E-state index in [1.54, 1.807) is 13.3 Å². The van der Waals surface area contributed by atoms with Gasteiger partial charge in [-0.2, -0.15) is 0 Å². The lowest BCUT2D eigenvalue weighted by Gasteiger charge is -2.25.